The molecule has 0 aromatic heterocycles. The lowest BCUT2D eigenvalue weighted by molar-refractivity contribution is -0.138. The molecule has 18 heavy (non-hydrogen) atoms. The van der Waals surface area contributed by atoms with Crippen LogP contribution in [0.4, 0.5) is 0 Å². The van der Waals surface area contributed by atoms with Crippen molar-refractivity contribution in [3.63, 3.8) is 0 Å². The van der Waals surface area contributed by atoms with E-state index in [4.69, 9.17) is 4.74 Å². The first-order valence-corrected chi connectivity index (χ1v) is 5.48. The van der Waals surface area contributed by atoms with Gasteiger partial charge < -0.3 is 4.74 Å². The van der Waals surface area contributed by atoms with E-state index in [1.165, 1.54) is 12.4 Å². The largest absolute Gasteiger partial charge is 0.425 e. The monoisotopic (exact) mass is 240 g/mol. The van der Waals surface area contributed by atoms with Gasteiger partial charge in [0.1, 0.15) is 5.75 Å². The first kappa shape index (κ1) is 12.1. The third-order valence-electron chi connectivity index (χ3n) is 2.49. The summed E-state index contributed by atoms with van der Waals surface area (Å²) in [5, 5.41) is 7.35. The number of carbonyl (C=O) groups excluding carboxylic acids is 1. The SMILES string of the molecule is Cc1ccc(OC(=O)C2(C)C#CC=NN=C2)cc1. The number of esters is 1. The van der Waals surface area contributed by atoms with Crippen molar-refractivity contribution in [2.75, 3.05) is 0 Å². The minimum atomic E-state index is -1.07. The standard InChI is InChI=1S/C14H12N2O2/c1-11-4-6-12(7-5-11)18-13(17)14(2)8-3-9-15-16-10-14/h4-7,9-10H,1-2H3. The second-order valence-corrected chi connectivity index (χ2v) is 4.16. The van der Waals surface area contributed by atoms with Gasteiger partial charge in [0, 0.05) is 0 Å². The van der Waals surface area contributed by atoms with Crippen LogP contribution in [0.2, 0.25) is 0 Å². The van der Waals surface area contributed by atoms with Gasteiger partial charge in [0.05, 0.1) is 12.4 Å². The summed E-state index contributed by atoms with van der Waals surface area (Å²) >= 11 is 0. The third kappa shape index (κ3) is 2.64. The maximum atomic E-state index is 12.1. The summed E-state index contributed by atoms with van der Waals surface area (Å²) in [7, 11) is 0. The Morgan fingerprint density at radius 1 is 1.28 bits per heavy atom. The molecule has 0 aliphatic carbocycles. The summed E-state index contributed by atoms with van der Waals surface area (Å²) in [4.78, 5) is 12.1. The minimum absolute atomic E-state index is 0.465. The molecule has 0 spiro atoms. The molecule has 1 atom stereocenters. The number of ether oxygens (including phenoxy) is 1. The molecule has 90 valence electrons. The van der Waals surface area contributed by atoms with E-state index in [-0.39, 0.29) is 0 Å². The first-order valence-electron chi connectivity index (χ1n) is 5.48. The number of benzene rings is 1. The lowest BCUT2D eigenvalue weighted by Crippen LogP contribution is -2.32. The van der Waals surface area contributed by atoms with Gasteiger partial charge in [-0.05, 0) is 26.0 Å². The summed E-state index contributed by atoms with van der Waals surface area (Å²) in [5.41, 5.74) is 0.0340. The zero-order chi connectivity index (χ0) is 13.0. The Bertz CT molecular complexity index is 576. The van der Waals surface area contributed by atoms with E-state index in [2.05, 4.69) is 22.0 Å². The summed E-state index contributed by atoms with van der Waals surface area (Å²) in [6.45, 7) is 3.61. The third-order valence-corrected chi connectivity index (χ3v) is 2.49. The Hall–Kier alpha value is -2.41. The van der Waals surface area contributed by atoms with Crippen LogP contribution in [-0.4, -0.2) is 18.4 Å². The van der Waals surface area contributed by atoms with Crippen LogP contribution >= 0.6 is 0 Å². The fourth-order valence-electron chi connectivity index (χ4n) is 1.35. The van der Waals surface area contributed by atoms with Crippen molar-refractivity contribution in [2.24, 2.45) is 15.6 Å². The fourth-order valence-corrected chi connectivity index (χ4v) is 1.35. The van der Waals surface area contributed by atoms with Gasteiger partial charge in [-0.15, -0.1) is 0 Å². The van der Waals surface area contributed by atoms with Gasteiger partial charge in [-0.2, -0.15) is 10.2 Å². The van der Waals surface area contributed by atoms with E-state index in [0.717, 1.165) is 5.56 Å². The molecule has 0 N–H and O–H groups in total. The zero-order valence-corrected chi connectivity index (χ0v) is 10.2. The molecule has 0 fully saturated rings. The summed E-state index contributed by atoms with van der Waals surface area (Å²) < 4.78 is 5.28. The molecule has 1 unspecified atom stereocenters. The van der Waals surface area contributed by atoms with Crippen LogP contribution in [0.3, 0.4) is 0 Å². The van der Waals surface area contributed by atoms with E-state index in [1.54, 1.807) is 19.1 Å². The predicted octanol–water partition coefficient (Wildman–Crippen LogP) is 1.98. The molecule has 4 heteroatoms. The molecule has 0 saturated carbocycles. The highest BCUT2D eigenvalue weighted by atomic mass is 16.5. The Labute approximate surface area is 105 Å². The second-order valence-electron chi connectivity index (χ2n) is 4.16. The van der Waals surface area contributed by atoms with Gasteiger partial charge in [0.2, 0.25) is 0 Å². The second kappa shape index (κ2) is 4.84. The van der Waals surface area contributed by atoms with E-state index in [9.17, 15) is 4.79 Å². The molecule has 1 aliphatic heterocycles. The molecular formula is C14H12N2O2. The summed E-state index contributed by atoms with van der Waals surface area (Å²) in [5.74, 6) is 5.44. The van der Waals surface area contributed by atoms with Crippen molar-refractivity contribution < 1.29 is 9.53 Å². The number of hydrogen-bond acceptors (Lipinski definition) is 4. The van der Waals surface area contributed by atoms with Crippen molar-refractivity contribution in [3.8, 4) is 17.6 Å². The normalized spacial score (nSPS) is 20.8. The topological polar surface area (TPSA) is 51.0 Å². The number of nitrogens with zero attached hydrogens (tertiary/aromatic N) is 2. The van der Waals surface area contributed by atoms with Crippen molar-refractivity contribution in [2.45, 2.75) is 13.8 Å². The molecular weight excluding hydrogens is 228 g/mol. The van der Waals surface area contributed by atoms with Gasteiger partial charge in [0.25, 0.3) is 0 Å². The molecule has 1 heterocycles. The number of hydrogen-bond donors (Lipinski definition) is 0. The minimum Gasteiger partial charge on any atom is -0.425 e. The van der Waals surface area contributed by atoms with E-state index >= 15 is 0 Å². The maximum absolute atomic E-state index is 12.1. The van der Waals surface area contributed by atoms with Gasteiger partial charge >= 0.3 is 5.97 Å². The maximum Gasteiger partial charge on any atom is 0.335 e. The van der Waals surface area contributed by atoms with Gasteiger partial charge in [-0.25, -0.2) is 4.79 Å². The van der Waals surface area contributed by atoms with Crippen molar-refractivity contribution in [3.05, 3.63) is 29.8 Å². The molecule has 2 rings (SSSR count). The lowest BCUT2D eigenvalue weighted by Gasteiger charge is -2.15. The van der Waals surface area contributed by atoms with Crippen molar-refractivity contribution in [1.82, 2.24) is 0 Å². The van der Waals surface area contributed by atoms with Crippen LogP contribution in [-0.2, 0) is 4.79 Å². The van der Waals surface area contributed by atoms with Crippen LogP contribution in [0, 0.1) is 24.2 Å². The number of rotatable bonds is 2. The Morgan fingerprint density at radius 3 is 2.72 bits per heavy atom. The lowest BCUT2D eigenvalue weighted by atomic mass is 9.93. The molecule has 0 radical (unpaired) electrons. The molecule has 1 aliphatic rings. The molecule has 1 aromatic carbocycles. The predicted molar refractivity (Wildman–Crippen MR) is 69.7 cm³/mol. The Kier molecular flexibility index (Phi) is 3.24. The summed E-state index contributed by atoms with van der Waals surface area (Å²) in [6.07, 6.45) is 2.74. The van der Waals surface area contributed by atoms with E-state index in [1.807, 2.05) is 19.1 Å². The quantitative estimate of drug-likeness (QED) is 0.451. The fraction of sp³-hybridized carbons (Fsp3) is 0.214. The molecule has 0 saturated heterocycles. The smallest absolute Gasteiger partial charge is 0.335 e. The molecule has 1 aromatic rings. The van der Waals surface area contributed by atoms with Gasteiger partial charge in [-0.3, -0.25) is 0 Å². The highest BCUT2D eigenvalue weighted by molar-refractivity contribution is 6.01. The first-order chi connectivity index (χ1) is 8.60. The van der Waals surface area contributed by atoms with Crippen LogP contribution < -0.4 is 4.74 Å². The number of aryl methyl sites for hydroxylation is 1. The van der Waals surface area contributed by atoms with Crippen LogP contribution in [0.1, 0.15) is 12.5 Å². The number of carbonyl (C=O) groups is 1. The van der Waals surface area contributed by atoms with E-state index in [0.29, 0.717) is 5.75 Å². The van der Waals surface area contributed by atoms with Gasteiger partial charge in [0.15, 0.2) is 5.41 Å². The van der Waals surface area contributed by atoms with Crippen LogP contribution in [0.25, 0.3) is 0 Å². The summed E-state index contributed by atoms with van der Waals surface area (Å²) in [6, 6.07) is 7.24. The van der Waals surface area contributed by atoms with Crippen LogP contribution in [0.15, 0.2) is 34.5 Å². The highest BCUT2D eigenvalue weighted by Gasteiger charge is 2.32. The zero-order valence-electron chi connectivity index (χ0n) is 10.2. The molecule has 0 amide bonds. The van der Waals surface area contributed by atoms with E-state index < -0.39 is 11.4 Å². The highest BCUT2D eigenvalue weighted by Crippen LogP contribution is 2.19. The molecule has 4 nitrogen and oxygen atoms in total. The Balaban J connectivity index is 2.16. The van der Waals surface area contributed by atoms with Crippen molar-refractivity contribution >= 4 is 18.4 Å². The van der Waals surface area contributed by atoms with Gasteiger partial charge in [-0.1, -0.05) is 29.5 Å². The van der Waals surface area contributed by atoms with Crippen LogP contribution in [0.5, 0.6) is 5.75 Å². The average Bonchev–Trinajstić information content (AvgIpc) is 2.58. The Morgan fingerprint density at radius 2 is 2.00 bits per heavy atom. The average molecular weight is 240 g/mol. The molecule has 0 bridgehead atoms. The van der Waals surface area contributed by atoms with Crippen molar-refractivity contribution in [1.29, 1.82) is 0 Å².